The summed E-state index contributed by atoms with van der Waals surface area (Å²) in [5.41, 5.74) is 4.86. The van der Waals surface area contributed by atoms with Crippen molar-refractivity contribution in [2.24, 2.45) is 5.73 Å². The molecule has 4 N–H and O–H groups in total. The highest BCUT2D eigenvalue weighted by atomic mass is 16.4. The van der Waals surface area contributed by atoms with Crippen LogP contribution in [0, 0.1) is 0 Å². The fourth-order valence-corrected chi connectivity index (χ4v) is 0.165. The van der Waals surface area contributed by atoms with Crippen LogP contribution in [-0.2, 0) is 0 Å². The van der Waals surface area contributed by atoms with Crippen molar-refractivity contribution in [3.8, 4) is 0 Å². The van der Waals surface area contributed by atoms with E-state index in [-0.39, 0.29) is 0 Å². The van der Waals surface area contributed by atoms with Gasteiger partial charge in [0.05, 0.1) is 0 Å². The van der Waals surface area contributed by atoms with Gasteiger partial charge in [0.15, 0.2) is 0 Å². The summed E-state index contributed by atoms with van der Waals surface area (Å²) in [6.07, 6.45) is -1.63. The maximum atomic E-state index is 10.1. The quantitative estimate of drug-likeness (QED) is 0.467. The minimum atomic E-state index is -2.81. The van der Waals surface area contributed by atoms with Gasteiger partial charge in [-0.3, -0.25) is 0 Å². The van der Waals surface area contributed by atoms with Crippen LogP contribution in [0.25, 0.3) is 0 Å². The molecule has 4 heteroatoms. The van der Waals surface area contributed by atoms with Gasteiger partial charge in [-0.05, 0) is 6.85 Å². The van der Waals surface area contributed by atoms with Crippen LogP contribution in [0.15, 0.2) is 0 Å². The van der Waals surface area contributed by atoms with Gasteiger partial charge >= 0.3 is 6.09 Å². The van der Waals surface area contributed by atoms with E-state index in [0.717, 1.165) is 0 Å². The molecule has 1 unspecified atom stereocenters. The third-order valence-electron chi connectivity index (χ3n) is 0.434. The lowest BCUT2D eigenvalue weighted by Crippen LogP contribution is -2.36. The Hall–Kier alpha value is -0.770. The second kappa shape index (κ2) is 3.26. The second-order valence-corrected chi connectivity index (χ2v) is 1.05. The average molecular weight is 123 g/mol. The van der Waals surface area contributed by atoms with Crippen molar-refractivity contribution >= 4 is 6.09 Å². The predicted molar refractivity (Wildman–Crippen MR) is 29.7 cm³/mol. The van der Waals surface area contributed by atoms with Crippen molar-refractivity contribution in [2.75, 3.05) is 6.50 Å². The zero-order chi connectivity index (χ0) is 10.9. The van der Waals surface area contributed by atoms with Gasteiger partial charge in [-0.15, -0.1) is 0 Å². The van der Waals surface area contributed by atoms with E-state index in [0.29, 0.717) is 0 Å². The van der Waals surface area contributed by atoms with Gasteiger partial charge in [-0.2, -0.15) is 0 Å². The maximum absolute atomic E-state index is 10.1. The Bertz CT molecular complexity index is 184. The monoisotopic (exact) mass is 123 g/mol. The van der Waals surface area contributed by atoms with Crippen LogP contribution < -0.4 is 11.1 Å². The summed E-state index contributed by atoms with van der Waals surface area (Å²) in [5, 5.41) is 9.74. The van der Waals surface area contributed by atoms with E-state index in [1.54, 1.807) is 0 Å². The van der Waals surface area contributed by atoms with Crippen LogP contribution in [0.1, 0.15) is 13.7 Å². The molecule has 8 heavy (non-hydrogen) atoms. The van der Waals surface area contributed by atoms with Gasteiger partial charge < -0.3 is 16.2 Å². The van der Waals surface area contributed by atoms with E-state index < -0.39 is 25.5 Å². The number of carbonyl (C=O) groups is 1. The fourth-order valence-electron chi connectivity index (χ4n) is 0.165. The molecule has 0 bridgehead atoms. The van der Waals surface area contributed by atoms with Crippen molar-refractivity contribution < 1.29 is 16.8 Å². The Kier molecular flexibility index (Phi) is 0.907. The molecule has 0 aliphatic heterocycles. The molecule has 0 aromatic carbocycles. The van der Waals surface area contributed by atoms with E-state index in [4.69, 9.17) is 17.7 Å². The molecule has 0 spiro atoms. The fraction of sp³-hybridized carbons (Fsp3) is 0.750. The van der Waals surface area contributed by atoms with Crippen molar-refractivity contribution in [2.45, 2.75) is 12.9 Å². The Balaban J connectivity index is 4.68. The molecule has 0 saturated heterocycles. The molecule has 0 aliphatic carbocycles. The number of nitrogens with one attached hydrogen (secondary N) is 1. The van der Waals surface area contributed by atoms with Crippen molar-refractivity contribution in [1.29, 1.82) is 0 Å². The Morgan fingerprint density at radius 3 is 3.12 bits per heavy atom. The van der Waals surface area contributed by atoms with E-state index >= 15 is 0 Å². The van der Waals surface area contributed by atoms with Gasteiger partial charge in [0, 0.05) is 19.4 Å². The predicted octanol–water partition coefficient (Wildman–Crippen LogP) is -0.399. The zero-order valence-electron chi connectivity index (χ0n) is 9.01. The van der Waals surface area contributed by atoms with E-state index in [9.17, 15) is 4.79 Å². The second-order valence-electron chi connectivity index (χ2n) is 1.05. The van der Waals surface area contributed by atoms with Crippen LogP contribution in [-0.4, -0.2) is 23.7 Å². The lowest BCUT2D eigenvalue weighted by molar-refractivity contribution is 0.191. The maximum Gasteiger partial charge on any atom is 0.404 e. The van der Waals surface area contributed by atoms with Gasteiger partial charge in [0.25, 0.3) is 0 Å². The van der Waals surface area contributed by atoms with Crippen molar-refractivity contribution in [3.63, 3.8) is 0 Å². The Morgan fingerprint density at radius 1 is 2.38 bits per heavy atom. The van der Waals surface area contributed by atoms with Crippen molar-refractivity contribution in [1.82, 2.24) is 5.32 Å². The molecule has 0 aromatic rings. The molecule has 0 rings (SSSR count). The van der Waals surface area contributed by atoms with Crippen LogP contribution in [0.4, 0.5) is 4.79 Å². The number of rotatable bonds is 2. The van der Waals surface area contributed by atoms with Crippen LogP contribution in [0.3, 0.4) is 0 Å². The molecule has 4 nitrogen and oxygen atoms in total. The Labute approximate surface area is 54.7 Å². The summed E-state index contributed by atoms with van der Waals surface area (Å²) in [7, 11) is 0. The normalized spacial score (nSPS) is 25.4. The zero-order valence-corrected chi connectivity index (χ0v) is 4.01. The highest BCUT2D eigenvalue weighted by molar-refractivity contribution is 5.64. The number of amides is 1. The average Bonchev–Trinajstić information content (AvgIpc) is 1.77. The molecule has 0 aromatic heterocycles. The van der Waals surface area contributed by atoms with Crippen LogP contribution in [0.2, 0.25) is 0 Å². The lowest BCUT2D eigenvalue weighted by Gasteiger charge is -2.05. The van der Waals surface area contributed by atoms with Gasteiger partial charge in [-0.25, -0.2) is 4.79 Å². The van der Waals surface area contributed by atoms with Crippen LogP contribution in [0.5, 0.6) is 0 Å². The number of carboxylic acid groups (broad SMARTS) is 1. The molecule has 0 aliphatic rings. The molecule has 1 amide bonds. The summed E-state index contributed by atoms with van der Waals surface area (Å²) >= 11 is 0. The SMILES string of the molecule is [2H]C([2H])([2H])C(NC(=O)O)C([2H])([2H])N. The lowest BCUT2D eigenvalue weighted by atomic mass is 10.3. The molecule has 0 heterocycles. The van der Waals surface area contributed by atoms with E-state index in [1.165, 1.54) is 5.32 Å². The molecule has 1 atom stereocenters. The number of hydrogen-bond donors (Lipinski definition) is 3. The van der Waals surface area contributed by atoms with Crippen LogP contribution >= 0.6 is 0 Å². The number of nitrogens with two attached hydrogens (primary N) is 1. The minimum absolute atomic E-state index is 1.51. The first-order chi connectivity index (χ1) is 5.55. The third kappa shape index (κ3) is 3.42. The highest BCUT2D eigenvalue weighted by Gasteiger charge is 1.99. The van der Waals surface area contributed by atoms with Crippen molar-refractivity contribution in [3.05, 3.63) is 0 Å². The number of hydrogen-bond acceptors (Lipinski definition) is 2. The molecular weight excluding hydrogens is 108 g/mol. The third-order valence-corrected chi connectivity index (χ3v) is 0.434. The largest absolute Gasteiger partial charge is 0.465 e. The molecular formula is C4H10N2O2. The minimum Gasteiger partial charge on any atom is -0.465 e. The molecule has 0 saturated carbocycles. The Morgan fingerprint density at radius 2 is 3.00 bits per heavy atom. The molecule has 0 radical (unpaired) electrons. The molecule has 48 valence electrons. The first kappa shape index (κ1) is 2.23. The van der Waals surface area contributed by atoms with E-state index in [1.807, 2.05) is 0 Å². The molecule has 0 fully saturated rings. The summed E-state index contributed by atoms with van der Waals surface area (Å²) in [5.74, 6) is 0. The first-order valence-corrected chi connectivity index (χ1v) is 1.83. The summed E-state index contributed by atoms with van der Waals surface area (Å²) in [6.45, 7) is -5.43. The smallest absolute Gasteiger partial charge is 0.404 e. The summed E-state index contributed by atoms with van der Waals surface area (Å²) in [4.78, 5) is 10.1. The van der Waals surface area contributed by atoms with Gasteiger partial charge in [-0.1, -0.05) is 0 Å². The highest BCUT2D eigenvalue weighted by Crippen LogP contribution is 1.73. The standard InChI is InChI=1S/C4H10N2O2/c1-3(2-5)6-4(7)8/h3,6H,2,5H2,1H3,(H,7,8)/i1D3,2D2. The summed E-state index contributed by atoms with van der Waals surface area (Å²) in [6, 6.07) is -1.93. The summed E-state index contributed by atoms with van der Waals surface area (Å²) < 4.78 is 34.3. The first-order valence-electron chi connectivity index (χ1n) is 4.33. The van der Waals surface area contributed by atoms with E-state index in [2.05, 4.69) is 0 Å². The van der Waals surface area contributed by atoms with Gasteiger partial charge in [0.1, 0.15) is 0 Å². The topological polar surface area (TPSA) is 75.3 Å². The van der Waals surface area contributed by atoms with Gasteiger partial charge in [0.2, 0.25) is 0 Å².